The van der Waals surface area contributed by atoms with Crippen molar-refractivity contribution in [3.8, 4) is 0 Å². The third kappa shape index (κ3) is 2.15. The van der Waals surface area contributed by atoms with Gasteiger partial charge in [0.25, 0.3) is 0 Å². The lowest BCUT2D eigenvalue weighted by molar-refractivity contribution is -0.143. The van der Waals surface area contributed by atoms with Gasteiger partial charge in [0.15, 0.2) is 0 Å². The number of carbonyl (C=O) groups excluding carboxylic acids is 1. The van der Waals surface area contributed by atoms with Crippen LogP contribution < -0.4 is 5.32 Å². The predicted octanol–water partition coefficient (Wildman–Crippen LogP) is 0.827. The first kappa shape index (κ1) is 10.8. The van der Waals surface area contributed by atoms with Gasteiger partial charge in [0.2, 0.25) is 0 Å². The summed E-state index contributed by atoms with van der Waals surface area (Å²) in [6, 6.07) is 0. The molecular formula is C9H16ClNO2. The Bertz CT molecular complexity index is 188. The Morgan fingerprint density at radius 2 is 2.08 bits per heavy atom. The number of carbonyl (C=O) groups is 1. The number of hydrogen-bond donors (Lipinski definition) is 1. The first-order chi connectivity index (χ1) is 5.83. The number of nitrogens with one attached hydrogen (secondary N) is 1. The van der Waals surface area contributed by atoms with Gasteiger partial charge in [0.05, 0.1) is 6.61 Å². The molecule has 13 heavy (non-hydrogen) atoms. The molecule has 1 unspecified atom stereocenters. The number of rotatable bonds is 3. The minimum absolute atomic E-state index is 0. The molecule has 2 fully saturated rings. The van der Waals surface area contributed by atoms with Gasteiger partial charge in [-0.1, -0.05) is 0 Å². The molecule has 1 saturated carbocycles. The van der Waals surface area contributed by atoms with Crippen molar-refractivity contribution in [2.75, 3.05) is 19.7 Å². The monoisotopic (exact) mass is 205 g/mol. The summed E-state index contributed by atoms with van der Waals surface area (Å²) in [4.78, 5) is 11.1. The Morgan fingerprint density at radius 3 is 2.62 bits per heavy atom. The first-order valence-electron chi connectivity index (χ1n) is 4.69. The Morgan fingerprint density at radius 1 is 1.46 bits per heavy atom. The molecule has 0 aromatic carbocycles. The van der Waals surface area contributed by atoms with Crippen LogP contribution in [0, 0.1) is 17.8 Å². The quantitative estimate of drug-likeness (QED) is 0.694. The summed E-state index contributed by atoms with van der Waals surface area (Å²) in [5, 5.41) is 3.30. The molecular weight excluding hydrogens is 190 g/mol. The fourth-order valence-corrected chi connectivity index (χ4v) is 2.26. The average molecular weight is 206 g/mol. The van der Waals surface area contributed by atoms with Crippen LogP contribution in [-0.4, -0.2) is 25.7 Å². The van der Waals surface area contributed by atoms with Crippen LogP contribution in [0.1, 0.15) is 13.3 Å². The fourth-order valence-electron chi connectivity index (χ4n) is 2.26. The Balaban J connectivity index is 0.000000845. The molecule has 0 bridgehead atoms. The molecule has 3 nitrogen and oxygen atoms in total. The van der Waals surface area contributed by atoms with Gasteiger partial charge >= 0.3 is 5.97 Å². The SMILES string of the molecule is CCOC(=O)C[C@H]1C2CNC[C@H]21.Cl. The summed E-state index contributed by atoms with van der Waals surface area (Å²) in [5.41, 5.74) is 0. The standard InChI is InChI=1S/C9H15NO2.ClH/c1-2-12-9(11)3-6-7-4-10-5-8(6)7;/h6-8,10H,2-5H2,1H3;1H/t6-,7+,8?;/m1./s1. The largest absolute Gasteiger partial charge is 0.466 e. The van der Waals surface area contributed by atoms with Crippen LogP contribution in [0.4, 0.5) is 0 Å². The number of esters is 1. The molecule has 0 radical (unpaired) electrons. The highest BCUT2D eigenvalue weighted by Gasteiger charge is 2.53. The van der Waals surface area contributed by atoms with Crippen molar-refractivity contribution in [3.63, 3.8) is 0 Å². The smallest absolute Gasteiger partial charge is 0.306 e. The van der Waals surface area contributed by atoms with E-state index in [1.807, 2.05) is 6.92 Å². The van der Waals surface area contributed by atoms with Crippen molar-refractivity contribution in [2.45, 2.75) is 13.3 Å². The lowest BCUT2D eigenvalue weighted by Gasteiger charge is -2.03. The maximum atomic E-state index is 11.1. The summed E-state index contributed by atoms with van der Waals surface area (Å²) >= 11 is 0. The van der Waals surface area contributed by atoms with E-state index in [1.54, 1.807) is 0 Å². The molecule has 76 valence electrons. The highest BCUT2D eigenvalue weighted by molar-refractivity contribution is 5.85. The molecule has 0 aromatic rings. The van der Waals surface area contributed by atoms with Crippen LogP contribution in [-0.2, 0) is 9.53 Å². The van der Waals surface area contributed by atoms with Crippen molar-refractivity contribution < 1.29 is 9.53 Å². The second-order valence-corrected chi connectivity index (χ2v) is 3.66. The van der Waals surface area contributed by atoms with E-state index >= 15 is 0 Å². The molecule has 0 spiro atoms. The van der Waals surface area contributed by atoms with Gasteiger partial charge in [0.1, 0.15) is 0 Å². The van der Waals surface area contributed by atoms with E-state index in [0.29, 0.717) is 18.9 Å². The van der Waals surface area contributed by atoms with E-state index in [1.165, 1.54) is 0 Å². The molecule has 2 aliphatic rings. The molecule has 1 saturated heterocycles. The Hall–Kier alpha value is -0.280. The number of halogens is 1. The molecule has 1 heterocycles. The Labute approximate surface area is 84.6 Å². The molecule has 0 aromatic heterocycles. The van der Waals surface area contributed by atoms with Crippen molar-refractivity contribution in [1.29, 1.82) is 0 Å². The Kier molecular flexibility index (Phi) is 3.56. The maximum absolute atomic E-state index is 11.1. The summed E-state index contributed by atoms with van der Waals surface area (Å²) in [5.74, 6) is 2.16. The molecule has 1 aliphatic heterocycles. The number of fused-ring (bicyclic) bond motifs is 1. The molecule has 1 N–H and O–H groups in total. The minimum Gasteiger partial charge on any atom is -0.466 e. The van der Waals surface area contributed by atoms with E-state index in [4.69, 9.17) is 4.74 Å². The van der Waals surface area contributed by atoms with Gasteiger partial charge in [-0.15, -0.1) is 12.4 Å². The highest BCUT2D eigenvalue weighted by atomic mass is 35.5. The first-order valence-corrected chi connectivity index (χ1v) is 4.69. The number of hydrogen-bond acceptors (Lipinski definition) is 3. The van der Waals surface area contributed by atoms with E-state index in [9.17, 15) is 4.79 Å². The molecule has 0 amide bonds. The van der Waals surface area contributed by atoms with Gasteiger partial charge in [-0.3, -0.25) is 4.79 Å². The van der Waals surface area contributed by atoms with E-state index < -0.39 is 0 Å². The average Bonchev–Trinajstić information content (AvgIpc) is 2.51. The third-order valence-electron chi connectivity index (χ3n) is 2.98. The lowest BCUT2D eigenvalue weighted by atomic mass is 10.2. The van der Waals surface area contributed by atoms with Gasteiger partial charge in [-0.05, 0) is 37.8 Å². The fraction of sp³-hybridized carbons (Fsp3) is 0.889. The summed E-state index contributed by atoms with van der Waals surface area (Å²) < 4.78 is 4.90. The van der Waals surface area contributed by atoms with Gasteiger partial charge < -0.3 is 10.1 Å². The van der Waals surface area contributed by atoms with E-state index in [-0.39, 0.29) is 18.4 Å². The van der Waals surface area contributed by atoms with E-state index in [0.717, 1.165) is 24.9 Å². The van der Waals surface area contributed by atoms with Gasteiger partial charge in [-0.25, -0.2) is 0 Å². The number of piperidine rings is 1. The van der Waals surface area contributed by atoms with Crippen LogP contribution in [0.2, 0.25) is 0 Å². The topological polar surface area (TPSA) is 38.3 Å². The zero-order valence-corrected chi connectivity index (χ0v) is 8.60. The van der Waals surface area contributed by atoms with Gasteiger partial charge in [-0.2, -0.15) is 0 Å². The van der Waals surface area contributed by atoms with Crippen LogP contribution in [0.15, 0.2) is 0 Å². The minimum atomic E-state index is -0.0168. The summed E-state index contributed by atoms with van der Waals surface area (Å²) in [6.45, 7) is 4.58. The summed E-state index contributed by atoms with van der Waals surface area (Å²) in [7, 11) is 0. The van der Waals surface area contributed by atoms with Crippen LogP contribution >= 0.6 is 12.4 Å². The second-order valence-electron chi connectivity index (χ2n) is 3.66. The third-order valence-corrected chi connectivity index (χ3v) is 2.98. The molecule has 4 heteroatoms. The van der Waals surface area contributed by atoms with Crippen LogP contribution in [0.3, 0.4) is 0 Å². The molecule has 2 rings (SSSR count). The lowest BCUT2D eigenvalue weighted by Crippen LogP contribution is -2.16. The van der Waals surface area contributed by atoms with Crippen molar-refractivity contribution in [1.82, 2.24) is 5.32 Å². The zero-order chi connectivity index (χ0) is 8.55. The van der Waals surface area contributed by atoms with E-state index in [2.05, 4.69) is 5.32 Å². The van der Waals surface area contributed by atoms with Crippen molar-refractivity contribution in [3.05, 3.63) is 0 Å². The summed E-state index contributed by atoms with van der Waals surface area (Å²) in [6.07, 6.45) is 0.644. The van der Waals surface area contributed by atoms with Crippen LogP contribution in [0.5, 0.6) is 0 Å². The second kappa shape index (κ2) is 4.29. The predicted molar refractivity (Wildman–Crippen MR) is 51.8 cm³/mol. The van der Waals surface area contributed by atoms with Crippen molar-refractivity contribution in [2.24, 2.45) is 17.8 Å². The van der Waals surface area contributed by atoms with Gasteiger partial charge in [0, 0.05) is 6.42 Å². The van der Waals surface area contributed by atoms with Crippen LogP contribution in [0.25, 0.3) is 0 Å². The zero-order valence-electron chi connectivity index (χ0n) is 7.79. The molecule has 1 aliphatic carbocycles. The normalized spacial score (nSPS) is 34.7. The molecule has 3 atom stereocenters. The highest BCUT2D eigenvalue weighted by Crippen LogP contribution is 2.50. The van der Waals surface area contributed by atoms with Crippen molar-refractivity contribution >= 4 is 18.4 Å². The number of ether oxygens (including phenoxy) is 1. The maximum Gasteiger partial charge on any atom is 0.306 e.